The van der Waals surface area contributed by atoms with E-state index in [-0.39, 0.29) is 11.5 Å². The van der Waals surface area contributed by atoms with Crippen molar-refractivity contribution in [1.29, 1.82) is 0 Å². The molecule has 3 saturated carbocycles. The molecule has 4 aliphatic carbocycles. The van der Waals surface area contributed by atoms with Crippen molar-refractivity contribution in [1.82, 2.24) is 0 Å². The summed E-state index contributed by atoms with van der Waals surface area (Å²) in [6.45, 7) is 5.00. The lowest BCUT2D eigenvalue weighted by molar-refractivity contribution is -0.657. The van der Waals surface area contributed by atoms with Crippen LogP contribution < -0.4 is 15.1 Å². The van der Waals surface area contributed by atoms with Crippen LogP contribution in [-0.2, 0) is 11.8 Å². The summed E-state index contributed by atoms with van der Waals surface area (Å²) in [5.41, 5.74) is 6.86. The number of allylic oxidation sites excluding steroid dienone is 1. The van der Waals surface area contributed by atoms with E-state index in [1.54, 1.807) is 5.57 Å². The van der Waals surface area contributed by atoms with Crippen LogP contribution >= 0.6 is 0 Å². The molecule has 1 heterocycles. The molecule has 6 atom stereocenters. The molecule has 0 aromatic carbocycles. The van der Waals surface area contributed by atoms with Crippen LogP contribution in [0.3, 0.4) is 0 Å². The molecule has 0 spiro atoms. The van der Waals surface area contributed by atoms with Gasteiger partial charge in [-0.25, -0.2) is 4.57 Å². The summed E-state index contributed by atoms with van der Waals surface area (Å²) in [6, 6.07) is 6.19. The summed E-state index contributed by atoms with van der Waals surface area (Å²) in [4.78, 5) is 8.78. The molecule has 0 radical (unpaired) electrons. The predicted octanol–water partition coefficient (Wildman–Crippen LogP) is 3.90. The highest BCUT2D eigenvalue weighted by molar-refractivity contribution is 5.92. The summed E-state index contributed by atoms with van der Waals surface area (Å²) in [7, 11) is 2.06. The van der Waals surface area contributed by atoms with Crippen LogP contribution in [0.25, 0.3) is 0 Å². The van der Waals surface area contributed by atoms with Crippen LogP contribution in [0.4, 0.5) is 19.0 Å². The van der Waals surface area contributed by atoms with Gasteiger partial charge in [0, 0.05) is 11.5 Å². The molecule has 198 valence electrons. The molecule has 2 N–H and O–H groups in total. The third-order valence-electron chi connectivity index (χ3n) is 9.42. The number of carboxylic acids is 1. The fourth-order valence-corrected chi connectivity index (χ4v) is 7.45. The number of fused-ring (bicyclic) bond motifs is 5. The number of aliphatic hydroxyl groups excluding tert-OH is 1. The largest absolute Gasteiger partial charge is 0.542 e. The number of hydrogen-bond donors (Lipinski definition) is 2. The molecular formula is C27H36F3N3O3. The van der Waals surface area contributed by atoms with Crippen LogP contribution in [-0.4, -0.2) is 29.1 Å². The van der Waals surface area contributed by atoms with Crippen LogP contribution in [0.5, 0.6) is 0 Å². The average Bonchev–Trinajstić information content (AvgIpc) is 3.15. The molecule has 0 unspecified atom stereocenters. The monoisotopic (exact) mass is 507 g/mol. The van der Waals surface area contributed by atoms with Gasteiger partial charge in [-0.3, -0.25) is 0 Å². The van der Waals surface area contributed by atoms with Gasteiger partial charge in [-0.05, 0) is 80.6 Å². The molecule has 5 rings (SSSR count). The van der Waals surface area contributed by atoms with E-state index in [4.69, 9.17) is 15.0 Å². The Hall–Kier alpha value is -2.42. The first kappa shape index (κ1) is 26.6. The van der Waals surface area contributed by atoms with Crippen LogP contribution in [0.15, 0.2) is 41.1 Å². The van der Waals surface area contributed by atoms with Gasteiger partial charge in [0.1, 0.15) is 5.97 Å². The first-order valence-corrected chi connectivity index (χ1v) is 12.8. The number of nitrogens with zero attached hydrogens (tertiary/aromatic N) is 2. The molecular weight excluding hydrogens is 471 g/mol. The summed E-state index contributed by atoms with van der Waals surface area (Å²) < 4.78 is 33.6. The van der Waals surface area contributed by atoms with Crippen molar-refractivity contribution < 1.29 is 32.7 Å². The van der Waals surface area contributed by atoms with Crippen molar-refractivity contribution in [2.75, 3.05) is 5.43 Å². The number of halogens is 3. The molecule has 1 aromatic heterocycles. The zero-order valence-corrected chi connectivity index (χ0v) is 21.1. The SMILES string of the molecule is C[n+]1ccccc1N/N=C1\CC[C@H]2[C@@H]3CCC4=C[C@@H](O)CC[C@]4(C)[C@H]3CC[C@]12C.O=C([O-])C(F)(F)F. The van der Waals surface area contributed by atoms with Gasteiger partial charge in [0.15, 0.2) is 0 Å². The van der Waals surface area contributed by atoms with Crippen molar-refractivity contribution >= 4 is 17.5 Å². The lowest BCUT2D eigenvalue weighted by Crippen LogP contribution is -2.50. The van der Waals surface area contributed by atoms with E-state index in [1.165, 1.54) is 37.8 Å². The number of nitrogens with one attached hydrogen (secondary N) is 1. The quantitative estimate of drug-likeness (QED) is 0.361. The van der Waals surface area contributed by atoms with Gasteiger partial charge in [-0.15, -0.1) is 5.43 Å². The molecule has 1 aromatic rings. The van der Waals surface area contributed by atoms with E-state index >= 15 is 0 Å². The van der Waals surface area contributed by atoms with Crippen LogP contribution in [0.1, 0.15) is 65.2 Å². The maximum absolute atomic E-state index is 10.5. The number of aromatic nitrogens is 1. The minimum atomic E-state index is -5.19. The first-order chi connectivity index (χ1) is 16.9. The van der Waals surface area contributed by atoms with Gasteiger partial charge >= 0.3 is 6.18 Å². The highest BCUT2D eigenvalue weighted by Gasteiger charge is 2.58. The minimum Gasteiger partial charge on any atom is -0.542 e. The van der Waals surface area contributed by atoms with Crippen LogP contribution in [0, 0.1) is 28.6 Å². The van der Waals surface area contributed by atoms with E-state index in [1.807, 2.05) is 6.07 Å². The van der Waals surface area contributed by atoms with Gasteiger partial charge in [0.05, 0.1) is 25.1 Å². The Kier molecular flexibility index (Phi) is 7.25. The molecule has 0 aliphatic heterocycles. The van der Waals surface area contributed by atoms with Crippen LogP contribution in [0.2, 0.25) is 0 Å². The summed E-state index contributed by atoms with van der Waals surface area (Å²) >= 11 is 0. The van der Waals surface area contributed by atoms with Gasteiger partial charge in [0.25, 0.3) is 5.82 Å². The van der Waals surface area contributed by atoms with E-state index in [0.29, 0.717) is 5.41 Å². The molecule has 6 nitrogen and oxygen atoms in total. The Balaban J connectivity index is 0.000000384. The smallest absolute Gasteiger partial charge is 0.430 e. The van der Waals surface area contributed by atoms with Gasteiger partial charge < -0.3 is 15.0 Å². The number of pyridine rings is 1. The maximum Gasteiger partial charge on any atom is 0.430 e. The molecule has 4 aliphatic rings. The number of carbonyl (C=O) groups is 1. The van der Waals surface area contributed by atoms with Gasteiger partial charge in [0.2, 0.25) is 0 Å². The molecule has 0 saturated heterocycles. The number of aliphatic carboxylic acids is 1. The Labute approximate surface area is 210 Å². The molecule has 3 fully saturated rings. The first-order valence-electron chi connectivity index (χ1n) is 12.8. The molecule has 0 amide bonds. The lowest BCUT2D eigenvalue weighted by atomic mass is 9.47. The maximum atomic E-state index is 10.5. The third-order valence-corrected chi connectivity index (χ3v) is 9.42. The Morgan fingerprint density at radius 2 is 1.78 bits per heavy atom. The lowest BCUT2D eigenvalue weighted by Gasteiger charge is -2.57. The Morgan fingerprint density at radius 3 is 2.44 bits per heavy atom. The number of carboxylic acid groups (broad SMARTS) is 1. The van der Waals surface area contributed by atoms with E-state index in [0.717, 1.165) is 42.8 Å². The second-order valence-electron chi connectivity index (χ2n) is 11.3. The van der Waals surface area contributed by atoms with E-state index < -0.39 is 12.1 Å². The molecule has 9 heteroatoms. The molecule has 36 heavy (non-hydrogen) atoms. The number of anilines is 1. The van der Waals surface area contributed by atoms with Crippen molar-refractivity contribution in [2.24, 2.45) is 40.7 Å². The standard InChI is InChI=1S/C25H35N3O.C2HF3O2/c1-24-13-11-18(29)16-17(24)7-8-19-20-9-10-22(25(20,2)14-12-21(19)24)26-27-23-6-4-5-15-28(23)3;3-2(4,5)1(6)7/h4-6,15-16,18-21,29H,7-14H2,1-3H3;(H,6,7)/b26-22+;/t18-,19-,20-,21-,24-,25-;/m0./s1. The van der Waals surface area contributed by atoms with Crippen molar-refractivity contribution in [3.63, 3.8) is 0 Å². The number of carbonyl (C=O) groups excluding carboxylic acids is 1. The fourth-order valence-electron chi connectivity index (χ4n) is 7.45. The fraction of sp³-hybridized carbons (Fsp3) is 0.667. The average molecular weight is 508 g/mol. The number of hydrazone groups is 1. The number of alkyl halides is 3. The summed E-state index contributed by atoms with van der Waals surface area (Å²) in [5, 5.41) is 23.9. The zero-order chi connectivity index (χ0) is 26.3. The highest BCUT2D eigenvalue weighted by atomic mass is 19.4. The predicted molar refractivity (Wildman–Crippen MR) is 127 cm³/mol. The van der Waals surface area contributed by atoms with Crippen molar-refractivity contribution in [3.8, 4) is 0 Å². The Bertz CT molecular complexity index is 1060. The summed E-state index contributed by atoms with van der Waals surface area (Å²) in [5.74, 6) is 0.393. The van der Waals surface area contributed by atoms with E-state index in [2.05, 4.69) is 55.3 Å². The minimum absolute atomic E-state index is 0.209. The zero-order valence-electron chi connectivity index (χ0n) is 21.1. The topological polar surface area (TPSA) is 88.6 Å². The summed E-state index contributed by atoms with van der Waals surface area (Å²) in [6.07, 6.45) is 8.43. The number of aryl methyl sites for hydroxylation is 1. The number of aliphatic hydroxyl groups is 1. The van der Waals surface area contributed by atoms with Crippen molar-refractivity contribution in [2.45, 2.75) is 77.5 Å². The third kappa shape index (κ3) is 4.91. The second-order valence-corrected chi connectivity index (χ2v) is 11.3. The number of rotatable bonds is 2. The molecule has 0 bridgehead atoms. The number of hydrogen-bond acceptors (Lipinski definition) is 5. The normalized spacial score (nSPS) is 36.5. The van der Waals surface area contributed by atoms with E-state index in [9.17, 15) is 18.3 Å². The van der Waals surface area contributed by atoms with Gasteiger partial charge in [-0.2, -0.15) is 13.2 Å². The van der Waals surface area contributed by atoms with Gasteiger partial charge in [-0.1, -0.05) is 36.7 Å². The second kappa shape index (κ2) is 9.80. The Morgan fingerprint density at radius 1 is 1.11 bits per heavy atom. The highest BCUT2D eigenvalue weighted by Crippen LogP contribution is 2.64. The van der Waals surface area contributed by atoms with Crippen molar-refractivity contribution in [3.05, 3.63) is 36.0 Å².